The summed E-state index contributed by atoms with van der Waals surface area (Å²) in [7, 11) is 2.29. The Morgan fingerprint density at radius 2 is 2.00 bits per heavy atom. The monoisotopic (exact) mass is 195 g/mol. The van der Waals surface area contributed by atoms with E-state index >= 15 is 0 Å². The van der Waals surface area contributed by atoms with Gasteiger partial charge in [-0.3, -0.25) is 0 Å². The number of likely N-dealkylation sites (tertiary alicyclic amines) is 1. The largest absolute Gasteiger partial charge is 0.306 e. The summed E-state index contributed by atoms with van der Waals surface area (Å²) in [6.45, 7) is 7.47. The average molecular weight is 195 g/mol. The summed E-state index contributed by atoms with van der Waals surface area (Å²) < 4.78 is 0. The number of fused-ring (bicyclic) bond motifs is 1. The Balaban J connectivity index is 1.94. The molecule has 0 radical (unpaired) electrons. The smallest absolute Gasteiger partial charge is 0.00119 e. The molecular formula is C13H25N. The Morgan fingerprint density at radius 1 is 1.21 bits per heavy atom. The van der Waals surface area contributed by atoms with Gasteiger partial charge in [0.2, 0.25) is 0 Å². The predicted octanol–water partition coefficient (Wildman–Crippen LogP) is 3.01. The van der Waals surface area contributed by atoms with Crippen molar-refractivity contribution in [3.63, 3.8) is 0 Å². The first-order valence-electron chi connectivity index (χ1n) is 6.35. The molecule has 1 aliphatic heterocycles. The quantitative estimate of drug-likeness (QED) is 0.654. The van der Waals surface area contributed by atoms with E-state index in [1.165, 1.54) is 38.8 Å². The molecule has 2 aliphatic rings. The van der Waals surface area contributed by atoms with Gasteiger partial charge in [-0.05, 0) is 62.9 Å². The molecule has 82 valence electrons. The van der Waals surface area contributed by atoms with Crippen LogP contribution in [0.15, 0.2) is 0 Å². The lowest BCUT2D eigenvalue weighted by Gasteiger charge is -2.35. The van der Waals surface area contributed by atoms with Crippen molar-refractivity contribution in [2.24, 2.45) is 23.7 Å². The number of rotatable bonds is 2. The van der Waals surface area contributed by atoms with Gasteiger partial charge in [-0.15, -0.1) is 0 Å². The molecule has 0 aromatic carbocycles. The fraction of sp³-hybridized carbons (Fsp3) is 1.00. The molecule has 1 heteroatoms. The molecule has 1 aliphatic carbocycles. The summed E-state index contributed by atoms with van der Waals surface area (Å²) in [5, 5.41) is 0. The molecule has 1 saturated heterocycles. The van der Waals surface area contributed by atoms with Crippen LogP contribution in [0, 0.1) is 23.7 Å². The summed E-state index contributed by atoms with van der Waals surface area (Å²) in [4.78, 5) is 2.54. The van der Waals surface area contributed by atoms with Crippen LogP contribution in [0.4, 0.5) is 0 Å². The molecule has 14 heavy (non-hydrogen) atoms. The molecule has 2 fully saturated rings. The van der Waals surface area contributed by atoms with Crippen LogP contribution in [0.25, 0.3) is 0 Å². The summed E-state index contributed by atoms with van der Waals surface area (Å²) in [6.07, 6.45) is 5.97. The lowest BCUT2D eigenvalue weighted by molar-refractivity contribution is 0.130. The van der Waals surface area contributed by atoms with E-state index in [1.807, 2.05) is 0 Å². The van der Waals surface area contributed by atoms with Gasteiger partial charge in [0, 0.05) is 6.54 Å². The Kier molecular flexibility index (Phi) is 3.16. The number of piperidine rings is 1. The summed E-state index contributed by atoms with van der Waals surface area (Å²) in [5.74, 6) is 4.06. The van der Waals surface area contributed by atoms with Gasteiger partial charge in [-0.2, -0.15) is 0 Å². The maximum absolute atomic E-state index is 2.54. The predicted molar refractivity (Wildman–Crippen MR) is 61.3 cm³/mol. The number of nitrogens with zero attached hydrogens (tertiary/aromatic N) is 1. The Labute approximate surface area is 88.9 Å². The topological polar surface area (TPSA) is 3.24 Å². The second kappa shape index (κ2) is 4.22. The Bertz CT molecular complexity index is 188. The first-order chi connectivity index (χ1) is 6.66. The second-order valence-corrected chi connectivity index (χ2v) is 5.94. The molecule has 2 rings (SSSR count). The first kappa shape index (κ1) is 10.5. The molecule has 3 atom stereocenters. The Morgan fingerprint density at radius 3 is 2.71 bits per heavy atom. The lowest BCUT2D eigenvalue weighted by atomic mass is 9.81. The van der Waals surface area contributed by atoms with E-state index < -0.39 is 0 Å². The van der Waals surface area contributed by atoms with Crippen LogP contribution in [0.2, 0.25) is 0 Å². The van der Waals surface area contributed by atoms with E-state index in [-0.39, 0.29) is 0 Å². The average Bonchev–Trinajstić information content (AvgIpc) is 2.47. The van der Waals surface area contributed by atoms with E-state index in [1.54, 1.807) is 0 Å². The zero-order valence-corrected chi connectivity index (χ0v) is 10.00. The minimum Gasteiger partial charge on any atom is -0.306 e. The van der Waals surface area contributed by atoms with E-state index in [0.29, 0.717) is 0 Å². The van der Waals surface area contributed by atoms with Gasteiger partial charge >= 0.3 is 0 Å². The maximum Gasteiger partial charge on any atom is 0.00119 e. The van der Waals surface area contributed by atoms with Crippen molar-refractivity contribution in [1.29, 1.82) is 0 Å². The minimum atomic E-state index is 0.894. The van der Waals surface area contributed by atoms with Crippen LogP contribution < -0.4 is 0 Å². The van der Waals surface area contributed by atoms with Crippen molar-refractivity contribution in [2.75, 3.05) is 20.1 Å². The third-order valence-electron chi connectivity index (χ3n) is 4.30. The fourth-order valence-corrected chi connectivity index (χ4v) is 3.63. The molecular weight excluding hydrogens is 170 g/mol. The van der Waals surface area contributed by atoms with E-state index in [0.717, 1.165) is 23.7 Å². The third kappa shape index (κ3) is 2.13. The highest BCUT2D eigenvalue weighted by Crippen LogP contribution is 2.44. The molecule has 0 aromatic heterocycles. The molecule has 1 nitrogen and oxygen atoms in total. The van der Waals surface area contributed by atoms with E-state index in [9.17, 15) is 0 Å². The van der Waals surface area contributed by atoms with Crippen molar-refractivity contribution < 1.29 is 0 Å². The van der Waals surface area contributed by atoms with E-state index in [2.05, 4.69) is 25.8 Å². The molecule has 0 N–H and O–H groups in total. The van der Waals surface area contributed by atoms with Crippen molar-refractivity contribution in [3.05, 3.63) is 0 Å². The number of hydrogen-bond donors (Lipinski definition) is 0. The fourth-order valence-electron chi connectivity index (χ4n) is 3.63. The van der Waals surface area contributed by atoms with Crippen LogP contribution in [0.5, 0.6) is 0 Å². The molecule has 1 saturated carbocycles. The van der Waals surface area contributed by atoms with Crippen LogP contribution in [0.3, 0.4) is 0 Å². The molecule has 1 heterocycles. The van der Waals surface area contributed by atoms with Gasteiger partial charge in [0.25, 0.3) is 0 Å². The molecule has 0 amide bonds. The highest BCUT2D eigenvalue weighted by atomic mass is 15.1. The highest BCUT2D eigenvalue weighted by Gasteiger charge is 2.38. The zero-order valence-electron chi connectivity index (χ0n) is 10.00. The molecule has 0 aromatic rings. The van der Waals surface area contributed by atoms with Gasteiger partial charge in [0.1, 0.15) is 0 Å². The highest BCUT2D eigenvalue weighted by molar-refractivity contribution is 4.90. The molecule has 3 unspecified atom stereocenters. The van der Waals surface area contributed by atoms with Gasteiger partial charge in [0.15, 0.2) is 0 Å². The van der Waals surface area contributed by atoms with Crippen LogP contribution in [0.1, 0.15) is 39.5 Å². The van der Waals surface area contributed by atoms with Gasteiger partial charge in [0.05, 0.1) is 0 Å². The van der Waals surface area contributed by atoms with Crippen molar-refractivity contribution >= 4 is 0 Å². The van der Waals surface area contributed by atoms with E-state index in [4.69, 9.17) is 0 Å². The normalized spacial score (nSPS) is 39.0. The standard InChI is InChI=1S/C13H25N/c1-10(2)8-12-5-4-11-6-7-14(3)9-13(11)12/h10-13H,4-9H2,1-3H3. The first-order valence-corrected chi connectivity index (χ1v) is 6.35. The van der Waals surface area contributed by atoms with Gasteiger partial charge in [-0.25, -0.2) is 0 Å². The zero-order chi connectivity index (χ0) is 10.1. The summed E-state index contributed by atoms with van der Waals surface area (Å²) in [5.41, 5.74) is 0. The summed E-state index contributed by atoms with van der Waals surface area (Å²) >= 11 is 0. The lowest BCUT2D eigenvalue weighted by Crippen LogP contribution is -2.38. The third-order valence-corrected chi connectivity index (χ3v) is 4.30. The minimum absolute atomic E-state index is 0.894. The Hall–Kier alpha value is -0.0400. The maximum atomic E-state index is 2.54. The van der Waals surface area contributed by atoms with Crippen LogP contribution >= 0.6 is 0 Å². The number of hydrogen-bond acceptors (Lipinski definition) is 1. The summed E-state index contributed by atoms with van der Waals surface area (Å²) in [6, 6.07) is 0. The van der Waals surface area contributed by atoms with Crippen LogP contribution in [-0.2, 0) is 0 Å². The van der Waals surface area contributed by atoms with Gasteiger partial charge < -0.3 is 4.90 Å². The SMILES string of the molecule is CC(C)CC1CCC2CCN(C)CC21. The van der Waals surface area contributed by atoms with Crippen molar-refractivity contribution in [2.45, 2.75) is 39.5 Å². The second-order valence-electron chi connectivity index (χ2n) is 5.94. The molecule has 0 spiro atoms. The van der Waals surface area contributed by atoms with Crippen molar-refractivity contribution in [1.82, 2.24) is 4.90 Å². The van der Waals surface area contributed by atoms with Crippen LogP contribution in [-0.4, -0.2) is 25.0 Å². The van der Waals surface area contributed by atoms with Crippen molar-refractivity contribution in [3.8, 4) is 0 Å². The van der Waals surface area contributed by atoms with Gasteiger partial charge in [-0.1, -0.05) is 13.8 Å². The molecule has 0 bridgehead atoms.